The molecular formula is C19H24BrN3O2S. The minimum absolute atomic E-state index is 0.448. The SMILES string of the molecule is COc1ccc2nc(-c3ccncc3Br)n(COCCS(C)(C)C)c2c1. The van der Waals surface area contributed by atoms with E-state index in [0.29, 0.717) is 6.73 Å². The molecule has 0 amide bonds. The van der Waals surface area contributed by atoms with Crippen molar-refractivity contribution >= 4 is 37.0 Å². The summed E-state index contributed by atoms with van der Waals surface area (Å²) in [6, 6.07) is 7.86. The Hall–Kier alpha value is -1.57. The number of hydrogen-bond acceptors (Lipinski definition) is 4. The predicted molar refractivity (Wildman–Crippen MR) is 113 cm³/mol. The highest BCUT2D eigenvalue weighted by Crippen LogP contribution is 2.34. The van der Waals surface area contributed by atoms with E-state index in [1.165, 1.54) is 0 Å². The molecule has 140 valence electrons. The molecule has 0 bridgehead atoms. The highest BCUT2D eigenvalue weighted by atomic mass is 79.9. The molecule has 0 aliphatic rings. The van der Waals surface area contributed by atoms with Crippen molar-refractivity contribution in [2.24, 2.45) is 0 Å². The van der Waals surface area contributed by atoms with E-state index in [4.69, 9.17) is 14.5 Å². The number of nitrogens with zero attached hydrogens (tertiary/aromatic N) is 3. The van der Waals surface area contributed by atoms with Crippen LogP contribution in [-0.2, 0) is 11.5 Å². The lowest BCUT2D eigenvalue weighted by atomic mass is 10.2. The Morgan fingerprint density at radius 1 is 1.19 bits per heavy atom. The fourth-order valence-electron chi connectivity index (χ4n) is 2.59. The molecule has 0 aliphatic carbocycles. The van der Waals surface area contributed by atoms with Gasteiger partial charge in [0.25, 0.3) is 0 Å². The Bertz CT molecular complexity index is 905. The molecule has 26 heavy (non-hydrogen) atoms. The highest BCUT2D eigenvalue weighted by Gasteiger charge is 2.16. The van der Waals surface area contributed by atoms with Crippen LogP contribution < -0.4 is 4.74 Å². The van der Waals surface area contributed by atoms with E-state index in [-0.39, 0.29) is 0 Å². The summed E-state index contributed by atoms with van der Waals surface area (Å²) in [6.07, 6.45) is 10.5. The number of hydrogen-bond donors (Lipinski definition) is 0. The summed E-state index contributed by atoms with van der Waals surface area (Å²) >= 11 is 3.58. The number of methoxy groups -OCH3 is 1. The van der Waals surface area contributed by atoms with Crippen LogP contribution in [0.3, 0.4) is 0 Å². The fraction of sp³-hybridized carbons (Fsp3) is 0.368. The Morgan fingerprint density at radius 2 is 2.00 bits per heavy atom. The number of fused-ring (bicyclic) bond motifs is 1. The summed E-state index contributed by atoms with van der Waals surface area (Å²) in [7, 11) is 1.10. The van der Waals surface area contributed by atoms with Crippen LogP contribution in [0.4, 0.5) is 0 Å². The third-order valence-electron chi connectivity index (χ3n) is 4.03. The molecule has 0 unspecified atom stereocenters. The van der Waals surface area contributed by atoms with Gasteiger partial charge >= 0.3 is 0 Å². The van der Waals surface area contributed by atoms with Gasteiger partial charge in [-0.2, -0.15) is 0 Å². The molecule has 0 aliphatic heterocycles. The van der Waals surface area contributed by atoms with E-state index in [0.717, 1.165) is 45.0 Å². The molecule has 2 heterocycles. The van der Waals surface area contributed by atoms with E-state index in [2.05, 4.69) is 44.2 Å². The van der Waals surface area contributed by atoms with E-state index >= 15 is 0 Å². The molecule has 7 heteroatoms. The first-order valence-corrected chi connectivity index (χ1v) is 12.1. The second kappa shape index (κ2) is 7.98. The highest BCUT2D eigenvalue weighted by molar-refractivity contribution is 9.10. The molecule has 0 N–H and O–H groups in total. The zero-order valence-electron chi connectivity index (χ0n) is 15.5. The maximum atomic E-state index is 6.01. The van der Waals surface area contributed by atoms with Gasteiger partial charge in [0.2, 0.25) is 0 Å². The van der Waals surface area contributed by atoms with E-state index in [1.807, 2.05) is 24.3 Å². The maximum Gasteiger partial charge on any atom is 0.144 e. The van der Waals surface area contributed by atoms with Gasteiger partial charge in [-0.1, -0.05) is 0 Å². The fourth-order valence-corrected chi connectivity index (χ4v) is 3.63. The van der Waals surface area contributed by atoms with Crippen molar-refractivity contribution in [2.75, 3.05) is 38.2 Å². The molecule has 0 atom stereocenters. The van der Waals surface area contributed by atoms with E-state index in [1.54, 1.807) is 19.5 Å². The van der Waals surface area contributed by atoms with E-state index in [9.17, 15) is 0 Å². The second-order valence-electron chi connectivity index (χ2n) is 6.91. The summed E-state index contributed by atoms with van der Waals surface area (Å²) < 4.78 is 14.4. The lowest BCUT2D eigenvalue weighted by Gasteiger charge is -2.24. The molecule has 0 saturated carbocycles. The van der Waals surface area contributed by atoms with Crippen LogP contribution in [-0.4, -0.2) is 52.8 Å². The topological polar surface area (TPSA) is 49.2 Å². The van der Waals surface area contributed by atoms with Gasteiger partial charge in [-0.15, -0.1) is 0 Å². The smallest absolute Gasteiger partial charge is 0.144 e. The molecule has 2 aromatic heterocycles. The molecule has 0 saturated heterocycles. The third kappa shape index (κ3) is 4.39. The number of halogens is 1. The Kier molecular flexibility index (Phi) is 5.89. The number of pyridine rings is 1. The van der Waals surface area contributed by atoms with Crippen LogP contribution >= 0.6 is 26.0 Å². The number of aromatic nitrogens is 3. The summed E-state index contributed by atoms with van der Waals surface area (Å²) in [5.41, 5.74) is 2.89. The molecule has 5 nitrogen and oxygen atoms in total. The lowest BCUT2D eigenvalue weighted by Crippen LogP contribution is -2.11. The van der Waals surface area contributed by atoms with Crippen molar-refractivity contribution in [3.05, 3.63) is 41.1 Å². The number of benzene rings is 1. The predicted octanol–water partition coefficient (Wildman–Crippen LogP) is 4.54. The molecule has 3 aromatic rings. The monoisotopic (exact) mass is 437 g/mol. The van der Waals surface area contributed by atoms with Crippen molar-refractivity contribution in [2.45, 2.75) is 6.73 Å². The summed E-state index contributed by atoms with van der Waals surface area (Å²) in [6.45, 7) is 1.18. The van der Waals surface area contributed by atoms with Gasteiger partial charge in [0, 0.05) is 34.2 Å². The van der Waals surface area contributed by atoms with Crippen LogP contribution in [0.1, 0.15) is 0 Å². The Balaban J connectivity index is 1.99. The minimum atomic E-state index is -0.573. The Morgan fingerprint density at radius 3 is 2.69 bits per heavy atom. The van der Waals surface area contributed by atoms with Gasteiger partial charge in [0.05, 0.1) is 24.8 Å². The zero-order valence-corrected chi connectivity index (χ0v) is 17.9. The third-order valence-corrected chi connectivity index (χ3v) is 6.05. The van der Waals surface area contributed by atoms with Crippen molar-refractivity contribution in [1.82, 2.24) is 14.5 Å². The summed E-state index contributed by atoms with van der Waals surface area (Å²) in [5.74, 6) is 2.74. The lowest BCUT2D eigenvalue weighted by molar-refractivity contribution is 0.0934. The van der Waals surface area contributed by atoms with Crippen LogP contribution in [0.15, 0.2) is 41.1 Å². The first-order chi connectivity index (χ1) is 12.4. The average molecular weight is 438 g/mol. The van der Waals surface area contributed by atoms with Gasteiger partial charge < -0.3 is 9.47 Å². The summed E-state index contributed by atoms with van der Waals surface area (Å²) in [4.78, 5) is 8.97. The van der Waals surface area contributed by atoms with Crippen molar-refractivity contribution in [1.29, 1.82) is 0 Å². The standard InChI is InChI=1S/C19H24BrN3O2S/c1-24-14-5-6-17-18(11-14)23(13-25-9-10-26(2,3)4)19(22-17)15-7-8-21-12-16(15)20/h5-8,11-12H,9-10,13H2,1-4H3. The van der Waals surface area contributed by atoms with Crippen LogP contribution in [0.25, 0.3) is 22.4 Å². The largest absolute Gasteiger partial charge is 0.497 e. The van der Waals surface area contributed by atoms with Crippen molar-refractivity contribution in [3.63, 3.8) is 0 Å². The second-order valence-corrected chi connectivity index (χ2v) is 12.3. The first kappa shape index (κ1) is 19.2. The molecule has 3 rings (SSSR count). The first-order valence-electron chi connectivity index (χ1n) is 8.27. The van der Waals surface area contributed by atoms with Crippen LogP contribution in [0.5, 0.6) is 5.75 Å². The maximum absolute atomic E-state index is 6.01. The number of ether oxygens (including phenoxy) is 2. The minimum Gasteiger partial charge on any atom is -0.497 e. The number of imidazole rings is 1. The molecule has 0 radical (unpaired) electrons. The molecule has 1 aromatic carbocycles. The number of rotatable bonds is 7. The van der Waals surface area contributed by atoms with Gasteiger partial charge in [0.15, 0.2) is 0 Å². The molecule has 0 spiro atoms. The molecular weight excluding hydrogens is 414 g/mol. The van der Waals surface area contributed by atoms with Crippen molar-refractivity contribution < 1.29 is 9.47 Å². The Labute approximate surface area is 164 Å². The zero-order chi connectivity index (χ0) is 18.7. The van der Waals surface area contributed by atoms with Crippen molar-refractivity contribution in [3.8, 4) is 17.1 Å². The van der Waals surface area contributed by atoms with Gasteiger partial charge in [-0.05, 0) is 52.9 Å². The van der Waals surface area contributed by atoms with Crippen LogP contribution in [0, 0.1) is 0 Å². The average Bonchev–Trinajstić information content (AvgIpc) is 2.95. The normalized spacial score (nSPS) is 12.5. The summed E-state index contributed by atoms with van der Waals surface area (Å²) in [5, 5.41) is 0. The van der Waals surface area contributed by atoms with Crippen LogP contribution in [0.2, 0.25) is 0 Å². The quantitative estimate of drug-likeness (QED) is 0.509. The van der Waals surface area contributed by atoms with Gasteiger partial charge in [0.1, 0.15) is 18.3 Å². The van der Waals surface area contributed by atoms with Gasteiger partial charge in [-0.3, -0.25) is 9.55 Å². The van der Waals surface area contributed by atoms with E-state index < -0.39 is 10.0 Å². The van der Waals surface area contributed by atoms with Gasteiger partial charge in [-0.25, -0.2) is 15.0 Å². The molecule has 0 fully saturated rings.